The molecule has 3 rings (SSSR count). The number of nitrogens with zero attached hydrogens (tertiary/aromatic N) is 1. The first kappa shape index (κ1) is 15.8. The lowest BCUT2D eigenvalue weighted by Gasteiger charge is -2.27. The van der Waals surface area contributed by atoms with Crippen LogP contribution in [0.15, 0.2) is 29.6 Å². The van der Waals surface area contributed by atoms with Crippen molar-refractivity contribution < 1.29 is 9.59 Å². The number of carbonyl (C=O) groups excluding carboxylic acids is 2. The molecule has 0 bridgehead atoms. The SMILES string of the molecule is CC(=O)Nc1cc(NC(=O)N2CCc3sccc3C2)ccc1Cl. The molecule has 0 aliphatic carbocycles. The summed E-state index contributed by atoms with van der Waals surface area (Å²) in [6, 6.07) is 6.93. The first-order valence-electron chi connectivity index (χ1n) is 7.21. The fourth-order valence-electron chi connectivity index (χ4n) is 2.51. The van der Waals surface area contributed by atoms with Crippen LogP contribution in [-0.4, -0.2) is 23.4 Å². The van der Waals surface area contributed by atoms with E-state index in [2.05, 4.69) is 22.1 Å². The number of fused-ring (bicyclic) bond motifs is 1. The van der Waals surface area contributed by atoms with Crippen molar-refractivity contribution in [1.82, 2.24) is 4.90 Å². The number of anilines is 2. The first-order valence-corrected chi connectivity index (χ1v) is 8.47. The van der Waals surface area contributed by atoms with Gasteiger partial charge in [0.15, 0.2) is 0 Å². The van der Waals surface area contributed by atoms with Crippen LogP contribution in [0.4, 0.5) is 16.2 Å². The molecular weight excluding hydrogens is 334 g/mol. The molecule has 1 aliphatic heterocycles. The lowest BCUT2D eigenvalue weighted by molar-refractivity contribution is -0.114. The molecule has 7 heteroatoms. The normalized spacial score (nSPS) is 13.4. The predicted molar refractivity (Wildman–Crippen MR) is 93.2 cm³/mol. The Bertz CT molecular complexity index is 760. The predicted octanol–water partition coefficient (Wildman–Crippen LogP) is 3.95. The molecule has 0 unspecified atom stereocenters. The third-order valence-electron chi connectivity index (χ3n) is 3.62. The van der Waals surface area contributed by atoms with Crippen LogP contribution in [0.3, 0.4) is 0 Å². The molecule has 2 N–H and O–H groups in total. The van der Waals surface area contributed by atoms with Crippen LogP contribution in [0.5, 0.6) is 0 Å². The minimum absolute atomic E-state index is 0.155. The molecule has 0 radical (unpaired) electrons. The van der Waals surface area contributed by atoms with Crippen molar-refractivity contribution in [2.24, 2.45) is 0 Å². The zero-order valence-corrected chi connectivity index (χ0v) is 14.1. The Balaban J connectivity index is 1.70. The number of nitrogens with one attached hydrogen (secondary N) is 2. The summed E-state index contributed by atoms with van der Waals surface area (Å²) in [6.45, 7) is 2.73. The summed E-state index contributed by atoms with van der Waals surface area (Å²) < 4.78 is 0. The third kappa shape index (κ3) is 3.65. The molecule has 0 spiro atoms. The van der Waals surface area contributed by atoms with Gasteiger partial charge in [0.2, 0.25) is 5.91 Å². The topological polar surface area (TPSA) is 61.4 Å². The second-order valence-corrected chi connectivity index (χ2v) is 6.75. The molecular formula is C16H16ClN3O2S. The van der Waals surface area contributed by atoms with E-state index < -0.39 is 0 Å². The molecule has 1 aromatic carbocycles. The van der Waals surface area contributed by atoms with Gasteiger partial charge >= 0.3 is 6.03 Å². The molecule has 0 fully saturated rings. The number of carbonyl (C=O) groups is 2. The smallest absolute Gasteiger partial charge is 0.322 e. The number of rotatable bonds is 2. The number of amides is 3. The second-order valence-electron chi connectivity index (χ2n) is 5.35. The standard InChI is InChI=1S/C16H16ClN3O2S/c1-10(21)18-14-8-12(2-3-13(14)17)19-16(22)20-6-4-15-11(9-20)5-7-23-15/h2-3,5,7-8H,4,6,9H2,1H3,(H,18,21)(H,19,22). The van der Waals surface area contributed by atoms with Crippen molar-refractivity contribution in [3.8, 4) is 0 Å². The van der Waals surface area contributed by atoms with E-state index in [1.54, 1.807) is 34.4 Å². The Hall–Kier alpha value is -2.05. The van der Waals surface area contributed by atoms with E-state index in [-0.39, 0.29) is 11.9 Å². The van der Waals surface area contributed by atoms with Gasteiger partial charge in [0.05, 0.1) is 10.7 Å². The summed E-state index contributed by atoms with van der Waals surface area (Å²) >= 11 is 7.77. The fraction of sp³-hybridized carbons (Fsp3) is 0.250. The van der Waals surface area contributed by atoms with E-state index in [0.717, 1.165) is 6.42 Å². The quantitative estimate of drug-likeness (QED) is 0.862. The highest BCUT2D eigenvalue weighted by atomic mass is 35.5. The van der Waals surface area contributed by atoms with Crippen molar-refractivity contribution >= 4 is 46.3 Å². The summed E-state index contributed by atoms with van der Waals surface area (Å²) in [7, 11) is 0. The van der Waals surface area contributed by atoms with Gasteiger partial charge in [-0.3, -0.25) is 4.79 Å². The Morgan fingerprint density at radius 2 is 2.09 bits per heavy atom. The van der Waals surface area contributed by atoms with Crippen LogP contribution in [0.25, 0.3) is 0 Å². The maximum Gasteiger partial charge on any atom is 0.322 e. The van der Waals surface area contributed by atoms with Gasteiger partial charge in [0.1, 0.15) is 0 Å². The fourth-order valence-corrected chi connectivity index (χ4v) is 3.57. The Morgan fingerprint density at radius 3 is 2.87 bits per heavy atom. The highest BCUT2D eigenvalue weighted by Gasteiger charge is 2.21. The third-order valence-corrected chi connectivity index (χ3v) is 4.98. The van der Waals surface area contributed by atoms with Crippen LogP contribution < -0.4 is 10.6 Å². The maximum atomic E-state index is 12.4. The van der Waals surface area contributed by atoms with Crippen LogP contribution >= 0.6 is 22.9 Å². The lowest BCUT2D eigenvalue weighted by Crippen LogP contribution is -2.38. The largest absolute Gasteiger partial charge is 0.325 e. The summed E-state index contributed by atoms with van der Waals surface area (Å²) in [4.78, 5) is 26.7. The Kier molecular flexibility index (Phi) is 4.54. The zero-order valence-electron chi connectivity index (χ0n) is 12.6. The average molecular weight is 350 g/mol. The molecule has 120 valence electrons. The molecule has 2 heterocycles. The van der Waals surface area contributed by atoms with Crippen LogP contribution in [0.2, 0.25) is 5.02 Å². The van der Waals surface area contributed by atoms with Gasteiger partial charge in [-0.15, -0.1) is 11.3 Å². The van der Waals surface area contributed by atoms with Gasteiger partial charge in [-0.1, -0.05) is 11.6 Å². The van der Waals surface area contributed by atoms with Crippen molar-refractivity contribution in [2.75, 3.05) is 17.2 Å². The summed E-state index contributed by atoms with van der Waals surface area (Å²) in [5, 5.41) is 7.99. The molecule has 0 saturated heterocycles. The minimum atomic E-state index is -0.212. The number of hydrogen-bond acceptors (Lipinski definition) is 3. The summed E-state index contributed by atoms with van der Waals surface area (Å²) in [5.41, 5.74) is 2.29. The lowest BCUT2D eigenvalue weighted by atomic mass is 10.1. The van der Waals surface area contributed by atoms with Crippen molar-refractivity contribution in [3.63, 3.8) is 0 Å². The van der Waals surface area contributed by atoms with Crippen molar-refractivity contribution in [1.29, 1.82) is 0 Å². The summed E-state index contributed by atoms with van der Waals surface area (Å²) in [6.07, 6.45) is 0.887. The van der Waals surface area contributed by atoms with Gasteiger partial charge in [-0.25, -0.2) is 4.79 Å². The van der Waals surface area contributed by atoms with Crippen LogP contribution in [-0.2, 0) is 17.8 Å². The summed E-state index contributed by atoms with van der Waals surface area (Å²) in [5.74, 6) is -0.212. The molecule has 1 aromatic heterocycles. The van der Waals surface area contributed by atoms with Crippen LogP contribution in [0, 0.1) is 0 Å². The molecule has 0 atom stereocenters. The zero-order chi connectivity index (χ0) is 16.4. The number of urea groups is 1. The van der Waals surface area contributed by atoms with Gasteiger partial charge < -0.3 is 15.5 Å². The molecule has 1 aliphatic rings. The molecule has 2 aromatic rings. The maximum absolute atomic E-state index is 12.4. The van der Waals surface area contributed by atoms with Gasteiger partial charge in [-0.05, 0) is 41.6 Å². The molecule has 0 saturated carbocycles. The molecule has 5 nitrogen and oxygen atoms in total. The minimum Gasteiger partial charge on any atom is -0.325 e. The Labute approximate surface area is 143 Å². The average Bonchev–Trinajstić information content (AvgIpc) is 2.97. The van der Waals surface area contributed by atoms with Gasteiger partial charge in [0, 0.05) is 30.6 Å². The number of thiophene rings is 1. The van der Waals surface area contributed by atoms with E-state index in [9.17, 15) is 9.59 Å². The number of benzene rings is 1. The van der Waals surface area contributed by atoms with Crippen molar-refractivity contribution in [3.05, 3.63) is 45.1 Å². The monoisotopic (exact) mass is 349 g/mol. The van der Waals surface area contributed by atoms with E-state index in [4.69, 9.17) is 11.6 Å². The number of halogens is 1. The van der Waals surface area contributed by atoms with Crippen LogP contribution in [0.1, 0.15) is 17.4 Å². The first-order chi connectivity index (χ1) is 11.0. The highest BCUT2D eigenvalue weighted by Crippen LogP contribution is 2.27. The van der Waals surface area contributed by atoms with E-state index in [0.29, 0.717) is 29.5 Å². The number of hydrogen-bond donors (Lipinski definition) is 2. The van der Waals surface area contributed by atoms with E-state index >= 15 is 0 Å². The Morgan fingerprint density at radius 1 is 1.26 bits per heavy atom. The van der Waals surface area contributed by atoms with Gasteiger partial charge in [-0.2, -0.15) is 0 Å². The second kappa shape index (κ2) is 6.60. The van der Waals surface area contributed by atoms with E-state index in [1.165, 1.54) is 17.4 Å². The van der Waals surface area contributed by atoms with E-state index in [1.807, 2.05) is 0 Å². The molecule has 23 heavy (non-hydrogen) atoms. The molecule has 3 amide bonds. The van der Waals surface area contributed by atoms with Gasteiger partial charge in [0.25, 0.3) is 0 Å². The highest BCUT2D eigenvalue weighted by molar-refractivity contribution is 7.10. The van der Waals surface area contributed by atoms with Crippen molar-refractivity contribution in [2.45, 2.75) is 19.9 Å².